The van der Waals surface area contributed by atoms with Crippen LogP contribution in [0, 0.1) is 0 Å². The second kappa shape index (κ2) is 5.34. The third kappa shape index (κ3) is 3.16. The van der Waals surface area contributed by atoms with Crippen molar-refractivity contribution < 1.29 is 8.42 Å². The summed E-state index contributed by atoms with van der Waals surface area (Å²) in [5.41, 5.74) is 6.88. The van der Waals surface area contributed by atoms with E-state index in [4.69, 9.17) is 5.73 Å². The molecule has 0 aliphatic carbocycles. The fourth-order valence-electron chi connectivity index (χ4n) is 1.77. The number of nitrogens with two attached hydrogens (primary N) is 1. The molecule has 5 nitrogen and oxygen atoms in total. The van der Waals surface area contributed by atoms with Gasteiger partial charge in [0, 0.05) is 29.8 Å². The molecule has 1 heterocycles. The Morgan fingerprint density at radius 1 is 1.37 bits per heavy atom. The minimum absolute atomic E-state index is 0.00713. The summed E-state index contributed by atoms with van der Waals surface area (Å²) in [5, 5.41) is 4.01. The van der Waals surface area contributed by atoms with Crippen LogP contribution in [0.5, 0.6) is 0 Å². The molecule has 102 valence electrons. The summed E-state index contributed by atoms with van der Waals surface area (Å²) in [7, 11) is -1.62. The number of rotatable bonds is 4. The SMILES string of the molecule is Cn1nccc1CCS(=O)(=O)c1cc(Br)ccc1N. The second-order valence-corrected chi connectivity index (χ2v) is 7.19. The van der Waals surface area contributed by atoms with Crippen molar-refractivity contribution in [2.45, 2.75) is 11.3 Å². The molecule has 0 amide bonds. The molecule has 0 unspecified atom stereocenters. The molecule has 0 saturated carbocycles. The van der Waals surface area contributed by atoms with Crippen LogP contribution in [0.1, 0.15) is 5.69 Å². The van der Waals surface area contributed by atoms with E-state index in [-0.39, 0.29) is 16.3 Å². The van der Waals surface area contributed by atoms with Gasteiger partial charge < -0.3 is 5.73 Å². The van der Waals surface area contributed by atoms with Gasteiger partial charge in [0.15, 0.2) is 9.84 Å². The average Bonchev–Trinajstić information content (AvgIpc) is 2.75. The van der Waals surface area contributed by atoms with Crippen molar-refractivity contribution >= 4 is 31.5 Å². The summed E-state index contributed by atoms with van der Waals surface area (Å²) in [4.78, 5) is 0.170. The number of halogens is 1. The van der Waals surface area contributed by atoms with Crippen molar-refractivity contribution in [2.24, 2.45) is 7.05 Å². The summed E-state index contributed by atoms with van der Waals surface area (Å²) < 4.78 is 26.9. The Labute approximate surface area is 120 Å². The summed E-state index contributed by atoms with van der Waals surface area (Å²) in [6, 6.07) is 6.64. The number of nitrogen functional groups attached to an aromatic ring is 1. The highest BCUT2D eigenvalue weighted by molar-refractivity contribution is 9.10. The number of sulfone groups is 1. The number of aryl methyl sites for hydroxylation is 2. The molecular formula is C12H14BrN3O2S. The zero-order valence-electron chi connectivity index (χ0n) is 10.4. The van der Waals surface area contributed by atoms with E-state index in [1.165, 1.54) is 6.07 Å². The normalized spacial score (nSPS) is 11.7. The van der Waals surface area contributed by atoms with Gasteiger partial charge in [-0.1, -0.05) is 15.9 Å². The van der Waals surface area contributed by atoms with Crippen LogP contribution >= 0.6 is 15.9 Å². The Morgan fingerprint density at radius 2 is 2.11 bits per heavy atom. The van der Waals surface area contributed by atoms with Gasteiger partial charge in [0.25, 0.3) is 0 Å². The van der Waals surface area contributed by atoms with E-state index < -0.39 is 9.84 Å². The molecule has 0 atom stereocenters. The van der Waals surface area contributed by atoms with Gasteiger partial charge in [-0.3, -0.25) is 4.68 Å². The third-order valence-corrected chi connectivity index (χ3v) is 5.12. The van der Waals surface area contributed by atoms with Crippen LogP contribution in [0.2, 0.25) is 0 Å². The van der Waals surface area contributed by atoms with Gasteiger partial charge in [-0.15, -0.1) is 0 Å². The van der Waals surface area contributed by atoms with E-state index in [9.17, 15) is 8.42 Å². The predicted molar refractivity (Wildman–Crippen MR) is 77.5 cm³/mol. The maximum Gasteiger partial charge on any atom is 0.180 e. The number of hydrogen-bond donors (Lipinski definition) is 1. The van der Waals surface area contributed by atoms with Crippen LogP contribution < -0.4 is 5.73 Å². The van der Waals surface area contributed by atoms with E-state index in [2.05, 4.69) is 21.0 Å². The lowest BCUT2D eigenvalue weighted by Crippen LogP contribution is -2.13. The van der Waals surface area contributed by atoms with E-state index in [1.807, 2.05) is 0 Å². The molecule has 7 heteroatoms. The van der Waals surface area contributed by atoms with Crippen LogP contribution in [0.15, 0.2) is 39.8 Å². The van der Waals surface area contributed by atoms with Crippen LogP contribution in [-0.2, 0) is 23.3 Å². The van der Waals surface area contributed by atoms with Crippen LogP contribution in [0.4, 0.5) is 5.69 Å². The zero-order chi connectivity index (χ0) is 14.0. The first kappa shape index (κ1) is 14.1. The van der Waals surface area contributed by atoms with E-state index in [0.717, 1.165) is 5.69 Å². The number of hydrogen-bond acceptors (Lipinski definition) is 4. The molecule has 0 aliphatic rings. The number of aromatic nitrogens is 2. The lowest BCUT2D eigenvalue weighted by atomic mass is 10.3. The van der Waals surface area contributed by atoms with Crippen molar-refractivity contribution in [3.8, 4) is 0 Å². The van der Waals surface area contributed by atoms with Gasteiger partial charge in [-0.2, -0.15) is 5.10 Å². The molecule has 1 aromatic heterocycles. The molecule has 0 spiro atoms. The monoisotopic (exact) mass is 343 g/mol. The van der Waals surface area contributed by atoms with Gasteiger partial charge in [-0.05, 0) is 24.3 Å². The van der Waals surface area contributed by atoms with Crippen LogP contribution in [0.3, 0.4) is 0 Å². The van der Waals surface area contributed by atoms with Gasteiger partial charge in [-0.25, -0.2) is 8.42 Å². The van der Waals surface area contributed by atoms with Crippen molar-refractivity contribution in [3.63, 3.8) is 0 Å². The molecule has 0 saturated heterocycles. The number of nitrogens with zero attached hydrogens (tertiary/aromatic N) is 2. The minimum Gasteiger partial charge on any atom is -0.398 e. The summed E-state index contributed by atoms with van der Waals surface area (Å²) in [5.74, 6) is 0.00713. The fourth-order valence-corrected chi connectivity index (χ4v) is 3.72. The molecule has 0 aliphatic heterocycles. The van der Waals surface area contributed by atoms with Crippen molar-refractivity contribution in [2.75, 3.05) is 11.5 Å². The summed E-state index contributed by atoms with van der Waals surface area (Å²) in [6.07, 6.45) is 2.06. The molecule has 19 heavy (non-hydrogen) atoms. The van der Waals surface area contributed by atoms with Crippen molar-refractivity contribution in [3.05, 3.63) is 40.6 Å². The molecule has 0 fully saturated rings. The van der Waals surface area contributed by atoms with E-state index in [1.54, 1.807) is 36.1 Å². The molecule has 2 N–H and O–H groups in total. The molecule has 0 bridgehead atoms. The molecule has 2 aromatic rings. The second-order valence-electron chi connectivity index (χ2n) is 4.20. The number of anilines is 1. The standard InChI is InChI=1S/C12H14BrN3O2S/c1-16-10(4-6-15-16)5-7-19(17,18)12-8-9(13)2-3-11(12)14/h2-4,6,8H,5,7,14H2,1H3. The highest BCUT2D eigenvalue weighted by atomic mass is 79.9. The van der Waals surface area contributed by atoms with Gasteiger partial charge in [0.05, 0.1) is 16.3 Å². The topological polar surface area (TPSA) is 78.0 Å². The Bertz CT molecular complexity index is 695. The quantitative estimate of drug-likeness (QED) is 0.858. The first-order chi connectivity index (χ1) is 8.90. The average molecular weight is 344 g/mol. The highest BCUT2D eigenvalue weighted by Gasteiger charge is 2.18. The lowest BCUT2D eigenvalue weighted by Gasteiger charge is -2.08. The van der Waals surface area contributed by atoms with Gasteiger partial charge >= 0.3 is 0 Å². The van der Waals surface area contributed by atoms with Crippen LogP contribution in [0.25, 0.3) is 0 Å². The Morgan fingerprint density at radius 3 is 2.74 bits per heavy atom. The molecule has 1 aromatic carbocycles. The van der Waals surface area contributed by atoms with Crippen molar-refractivity contribution in [1.29, 1.82) is 0 Å². The Hall–Kier alpha value is -1.34. The largest absolute Gasteiger partial charge is 0.398 e. The maximum atomic E-state index is 12.3. The van der Waals surface area contributed by atoms with Crippen LogP contribution in [-0.4, -0.2) is 24.0 Å². The molecular weight excluding hydrogens is 330 g/mol. The molecule has 0 radical (unpaired) electrons. The van der Waals surface area contributed by atoms with E-state index in [0.29, 0.717) is 10.9 Å². The first-order valence-electron chi connectivity index (χ1n) is 5.65. The predicted octanol–water partition coefficient (Wildman–Crippen LogP) is 1.78. The first-order valence-corrected chi connectivity index (χ1v) is 8.09. The maximum absolute atomic E-state index is 12.3. The fraction of sp³-hybridized carbons (Fsp3) is 0.250. The summed E-state index contributed by atoms with van der Waals surface area (Å²) >= 11 is 3.26. The lowest BCUT2D eigenvalue weighted by molar-refractivity contribution is 0.594. The van der Waals surface area contributed by atoms with E-state index >= 15 is 0 Å². The highest BCUT2D eigenvalue weighted by Crippen LogP contribution is 2.24. The minimum atomic E-state index is -3.40. The van der Waals surface area contributed by atoms with Gasteiger partial charge in [0.2, 0.25) is 0 Å². The molecule has 2 rings (SSSR count). The van der Waals surface area contributed by atoms with Crippen molar-refractivity contribution in [1.82, 2.24) is 9.78 Å². The summed E-state index contributed by atoms with van der Waals surface area (Å²) in [6.45, 7) is 0. The Kier molecular flexibility index (Phi) is 3.96. The number of benzene rings is 1. The smallest absolute Gasteiger partial charge is 0.180 e. The zero-order valence-corrected chi connectivity index (χ0v) is 12.8. The third-order valence-electron chi connectivity index (χ3n) is 2.86. The van der Waals surface area contributed by atoms with Gasteiger partial charge in [0.1, 0.15) is 0 Å². The Balaban J connectivity index is 2.23.